The summed E-state index contributed by atoms with van der Waals surface area (Å²) in [6.07, 6.45) is 0. The summed E-state index contributed by atoms with van der Waals surface area (Å²) in [5, 5.41) is 0. The van der Waals surface area contributed by atoms with Gasteiger partial charge in [0.2, 0.25) is 0 Å². The highest BCUT2D eigenvalue weighted by Gasteiger charge is 2.17. The van der Waals surface area contributed by atoms with Crippen LogP contribution in [0.5, 0.6) is 0 Å². The number of rotatable bonds is 30. The first-order chi connectivity index (χ1) is 20.4. The van der Waals surface area contributed by atoms with E-state index in [4.69, 9.17) is 47.1 Å². The molecule has 0 aliphatic heterocycles. The van der Waals surface area contributed by atoms with Crippen molar-refractivity contribution in [2.24, 2.45) is 0 Å². The van der Waals surface area contributed by atoms with Gasteiger partial charge in [0.1, 0.15) is 6.61 Å². The Kier molecular flexibility index (Phi) is 24.4. The van der Waals surface area contributed by atoms with Crippen molar-refractivity contribution in [3.8, 4) is 0 Å². The maximum Gasteiger partial charge on any atom is 0.379 e. The van der Waals surface area contributed by atoms with E-state index in [1.54, 1.807) is 30.3 Å². The van der Waals surface area contributed by atoms with E-state index in [-0.39, 0.29) is 13.2 Å². The molecule has 0 aliphatic carbocycles. The molecular formula is C29H50O12Si. The van der Waals surface area contributed by atoms with Gasteiger partial charge in [0.25, 0.3) is 5.78 Å². The van der Waals surface area contributed by atoms with Crippen LogP contribution in [-0.4, -0.2) is 139 Å². The Hall–Kier alpha value is -1.78. The minimum atomic E-state index is -1.46. The van der Waals surface area contributed by atoms with Gasteiger partial charge in [-0.3, -0.25) is 4.79 Å². The van der Waals surface area contributed by atoms with Gasteiger partial charge in [-0.15, -0.1) is 0 Å². The number of carbonyl (C=O) groups is 2. The predicted octanol–water partition coefficient (Wildman–Crippen LogP) is 2.40. The van der Waals surface area contributed by atoms with Gasteiger partial charge in [-0.1, -0.05) is 30.3 Å². The number of ether oxygens (including phenoxy) is 9. The molecule has 13 heteroatoms. The number of Topliss-reactive ketones (excluding diaryl/α,β-unsaturated/α-hetero) is 1. The predicted molar refractivity (Wildman–Crippen MR) is 158 cm³/mol. The third-order valence-corrected chi connectivity index (χ3v) is 6.12. The smallest absolute Gasteiger partial charge is 0.379 e. The Morgan fingerprint density at radius 2 is 0.786 bits per heavy atom. The molecule has 0 amide bonds. The molecular weight excluding hydrogens is 568 g/mol. The largest absolute Gasteiger partial charge is 0.457 e. The van der Waals surface area contributed by atoms with Gasteiger partial charge in [0.15, 0.2) is 8.32 Å². The van der Waals surface area contributed by atoms with Crippen molar-refractivity contribution in [1.82, 2.24) is 0 Å². The van der Waals surface area contributed by atoms with Crippen LogP contribution in [-0.2, 0) is 51.9 Å². The van der Waals surface area contributed by atoms with Gasteiger partial charge < -0.3 is 47.1 Å². The number of ketones is 1. The van der Waals surface area contributed by atoms with Crippen LogP contribution in [0, 0.1) is 0 Å². The summed E-state index contributed by atoms with van der Waals surface area (Å²) >= 11 is 0. The van der Waals surface area contributed by atoms with Crippen molar-refractivity contribution in [1.29, 1.82) is 0 Å². The zero-order chi connectivity index (χ0) is 30.6. The molecule has 0 radical (unpaired) electrons. The van der Waals surface area contributed by atoms with Crippen molar-refractivity contribution < 1.29 is 56.6 Å². The molecule has 0 bridgehead atoms. The number of hydrogen-bond acceptors (Lipinski definition) is 12. The standard InChI is InChI=1S/C29H50O12Si/c1-42(2,3)41-26-24-39-22-20-37-18-16-35-14-12-33-10-9-32-11-13-34-15-17-36-19-21-38-23-25-40-29(31)28(30)27-7-5-4-6-8-27/h4-8H,9-26H2,1-3H3. The third-order valence-electron chi connectivity index (χ3n) is 5.05. The topological polar surface area (TPSA) is 126 Å². The average Bonchev–Trinajstić information content (AvgIpc) is 2.98. The highest BCUT2D eigenvalue weighted by atomic mass is 28.4. The summed E-state index contributed by atoms with van der Waals surface area (Å²) in [5.41, 5.74) is 0.298. The molecule has 0 fully saturated rings. The minimum absolute atomic E-state index is 0.00172. The Bertz CT molecular complexity index is 776. The molecule has 0 atom stereocenters. The second-order valence-corrected chi connectivity index (χ2v) is 14.2. The Morgan fingerprint density at radius 1 is 0.476 bits per heavy atom. The molecule has 12 nitrogen and oxygen atoms in total. The summed E-state index contributed by atoms with van der Waals surface area (Å²) in [6, 6.07) is 8.26. The van der Waals surface area contributed by atoms with E-state index in [9.17, 15) is 9.59 Å². The molecule has 242 valence electrons. The van der Waals surface area contributed by atoms with Crippen molar-refractivity contribution in [3.63, 3.8) is 0 Å². The normalized spacial score (nSPS) is 11.6. The van der Waals surface area contributed by atoms with Gasteiger partial charge in [-0.05, 0) is 19.6 Å². The quantitative estimate of drug-likeness (QED) is 0.0413. The average molecular weight is 619 g/mol. The van der Waals surface area contributed by atoms with Gasteiger partial charge in [-0.25, -0.2) is 4.79 Å². The van der Waals surface area contributed by atoms with Crippen molar-refractivity contribution in [2.75, 3.05) is 119 Å². The van der Waals surface area contributed by atoms with Crippen LogP contribution >= 0.6 is 0 Å². The SMILES string of the molecule is C[Si](C)(C)OCCOCCOCCOCCOCCOCCOCCOCCOCCOC(=O)C(=O)c1ccccc1. The minimum Gasteiger partial charge on any atom is -0.457 e. The van der Waals surface area contributed by atoms with Crippen molar-refractivity contribution in [2.45, 2.75) is 19.6 Å². The molecule has 0 spiro atoms. The first kappa shape index (κ1) is 38.2. The lowest BCUT2D eigenvalue weighted by Gasteiger charge is -2.16. The van der Waals surface area contributed by atoms with Gasteiger partial charge in [0, 0.05) is 5.56 Å². The van der Waals surface area contributed by atoms with E-state index in [1.807, 2.05) is 0 Å². The van der Waals surface area contributed by atoms with E-state index in [0.29, 0.717) is 111 Å². The first-order valence-electron chi connectivity index (χ1n) is 14.4. The van der Waals surface area contributed by atoms with Crippen molar-refractivity contribution in [3.05, 3.63) is 35.9 Å². The fourth-order valence-electron chi connectivity index (χ4n) is 3.01. The van der Waals surface area contributed by atoms with Gasteiger partial charge >= 0.3 is 5.97 Å². The molecule has 1 aromatic carbocycles. The van der Waals surface area contributed by atoms with E-state index in [1.165, 1.54) is 0 Å². The summed E-state index contributed by atoms with van der Waals surface area (Å²) in [6.45, 7) is 14.5. The van der Waals surface area contributed by atoms with E-state index < -0.39 is 20.1 Å². The molecule has 0 aliphatic rings. The van der Waals surface area contributed by atoms with Crippen molar-refractivity contribution >= 4 is 20.1 Å². The molecule has 0 unspecified atom stereocenters. The molecule has 42 heavy (non-hydrogen) atoms. The van der Waals surface area contributed by atoms with E-state index >= 15 is 0 Å². The van der Waals surface area contributed by atoms with Gasteiger partial charge in [-0.2, -0.15) is 0 Å². The molecule has 0 N–H and O–H groups in total. The number of benzene rings is 1. The summed E-state index contributed by atoms with van der Waals surface area (Å²) in [5.74, 6) is -1.57. The molecule has 1 rings (SSSR count). The summed E-state index contributed by atoms with van der Waals surface area (Å²) < 4.78 is 54.0. The summed E-state index contributed by atoms with van der Waals surface area (Å²) in [7, 11) is -1.46. The second kappa shape index (κ2) is 26.8. The zero-order valence-electron chi connectivity index (χ0n) is 25.5. The van der Waals surface area contributed by atoms with Crippen LogP contribution in [0.15, 0.2) is 30.3 Å². The van der Waals surface area contributed by atoms with Crippen LogP contribution in [0.3, 0.4) is 0 Å². The lowest BCUT2D eigenvalue weighted by atomic mass is 10.1. The van der Waals surface area contributed by atoms with Gasteiger partial charge in [0.05, 0.1) is 112 Å². The maximum atomic E-state index is 11.9. The van der Waals surface area contributed by atoms with Crippen LogP contribution in [0.1, 0.15) is 10.4 Å². The van der Waals surface area contributed by atoms with Crippen LogP contribution in [0.25, 0.3) is 0 Å². The Balaban J connectivity index is 1.69. The number of hydrogen-bond donors (Lipinski definition) is 0. The second-order valence-electron chi connectivity index (χ2n) is 9.69. The monoisotopic (exact) mass is 618 g/mol. The molecule has 0 aromatic heterocycles. The molecule has 0 saturated carbocycles. The lowest BCUT2D eigenvalue weighted by Crippen LogP contribution is -2.27. The van der Waals surface area contributed by atoms with Crippen LogP contribution < -0.4 is 0 Å². The highest BCUT2D eigenvalue weighted by Crippen LogP contribution is 2.02. The Labute approximate surface area is 251 Å². The lowest BCUT2D eigenvalue weighted by molar-refractivity contribution is -0.139. The molecule has 0 heterocycles. The van der Waals surface area contributed by atoms with Crippen LogP contribution in [0.2, 0.25) is 19.6 Å². The van der Waals surface area contributed by atoms with E-state index in [2.05, 4.69) is 19.6 Å². The highest BCUT2D eigenvalue weighted by molar-refractivity contribution is 6.69. The fourth-order valence-corrected chi connectivity index (χ4v) is 3.71. The zero-order valence-corrected chi connectivity index (χ0v) is 26.5. The molecule has 1 aromatic rings. The fraction of sp³-hybridized carbons (Fsp3) is 0.724. The number of carbonyl (C=O) groups excluding carboxylic acids is 2. The maximum absolute atomic E-state index is 11.9. The first-order valence-corrected chi connectivity index (χ1v) is 17.8. The third kappa shape index (κ3) is 24.8. The van der Waals surface area contributed by atoms with E-state index in [0.717, 1.165) is 0 Å². The molecule has 0 saturated heterocycles. The summed E-state index contributed by atoms with van der Waals surface area (Å²) in [4.78, 5) is 23.6. The van der Waals surface area contributed by atoms with Crippen LogP contribution in [0.4, 0.5) is 0 Å². The number of esters is 1. The Morgan fingerprint density at radius 3 is 1.12 bits per heavy atom.